The Labute approximate surface area is 129 Å². The van der Waals surface area contributed by atoms with Gasteiger partial charge in [-0.15, -0.1) is 0 Å². The third-order valence-corrected chi connectivity index (χ3v) is 4.36. The molecule has 1 aliphatic heterocycles. The van der Waals surface area contributed by atoms with Crippen LogP contribution in [0.1, 0.15) is 30.6 Å². The fourth-order valence-electron chi connectivity index (χ4n) is 3.45. The summed E-state index contributed by atoms with van der Waals surface area (Å²) in [5.41, 5.74) is 0.566. The zero-order chi connectivity index (χ0) is 15.9. The van der Waals surface area contributed by atoms with Gasteiger partial charge < -0.3 is 4.90 Å². The Balaban J connectivity index is 2.04. The number of hydrogen-bond acceptors (Lipinski definition) is 3. The summed E-state index contributed by atoms with van der Waals surface area (Å²) in [6.07, 6.45) is 2.78. The Kier molecular flexibility index (Phi) is 3.72. The molecule has 1 fully saturated rings. The lowest BCUT2D eigenvalue weighted by atomic mass is 9.91. The average Bonchev–Trinajstić information content (AvgIpc) is 2.49. The van der Waals surface area contributed by atoms with Crippen molar-refractivity contribution in [2.24, 2.45) is 18.9 Å². The molecule has 0 aliphatic carbocycles. The fraction of sp³-hybridized carbons (Fsp3) is 0.471. The molecular weight excluding hydrogens is 278 g/mol. The van der Waals surface area contributed by atoms with Gasteiger partial charge >= 0.3 is 0 Å². The molecule has 116 valence electrons. The van der Waals surface area contributed by atoms with E-state index < -0.39 is 0 Å². The van der Waals surface area contributed by atoms with Crippen LogP contribution >= 0.6 is 0 Å². The maximum Gasteiger partial charge on any atom is 0.264 e. The summed E-state index contributed by atoms with van der Waals surface area (Å²) >= 11 is 0. The van der Waals surface area contributed by atoms with Crippen molar-refractivity contribution >= 4 is 16.9 Å². The summed E-state index contributed by atoms with van der Waals surface area (Å²) in [6.45, 7) is 5.74. The number of pyridine rings is 2. The maximum absolute atomic E-state index is 12.8. The molecule has 22 heavy (non-hydrogen) atoms. The van der Waals surface area contributed by atoms with Gasteiger partial charge in [0.25, 0.3) is 11.5 Å². The monoisotopic (exact) mass is 299 g/mol. The maximum atomic E-state index is 12.8. The summed E-state index contributed by atoms with van der Waals surface area (Å²) in [7, 11) is 1.66. The second kappa shape index (κ2) is 5.55. The van der Waals surface area contributed by atoms with Gasteiger partial charge in [0.2, 0.25) is 0 Å². The molecule has 2 aromatic rings. The number of aromatic nitrogens is 2. The van der Waals surface area contributed by atoms with Crippen LogP contribution in [0.4, 0.5) is 0 Å². The second-order valence-corrected chi connectivity index (χ2v) is 6.49. The van der Waals surface area contributed by atoms with Crippen molar-refractivity contribution in [2.45, 2.75) is 20.3 Å². The quantitative estimate of drug-likeness (QED) is 0.810. The summed E-state index contributed by atoms with van der Waals surface area (Å²) in [5, 5.41) is 0.811. The molecule has 1 amide bonds. The van der Waals surface area contributed by atoms with Crippen molar-refractivity contribution in [2.75, 3.05) is 13.1 Å². The molecule has 0 saturated carbocycles. The SMILES string of the molecule is CC1CC(C)CN(C(=O)c2cc3cccnc3n(C)c2=O)C1. The lowest BCUT2D eigenvalue weighted by Gasteiger charge is -2.35. The third-order valence-electron chi connectivity index (χ3n) is 4.36. The number of rotatable bonds is 1. The Morgan fingerprint density at radius 3 is 2.64 bits per heavy atom. The lowest BCUT2D eigenvalue weighted by Crippen LogP contribution is -2.44. The first-order chi connectivity index (χ1) is 10.5. The van der Waals surface area contributed by atoms with E-state index in [0.717, 1.165) is 24.9 Å². The minimum absolute atomic E-state index is 0.162. The van der Waals surface area contributed by atoms with Crippen molar-refractivity contribution in [3.05, 3.63) is 40.3 Å². The predicted molar refractivity (Wildman–Crippen MR) is 85.8 cm³/mol. The molecule has 5 heteroatoms. The van der Waals surface area contributed by atoms with Gasteiger partial charge in [0.05, 0.1) is 0 Å². The van der Waals surface area contributed by atoms with Crippen LogP contribution in [-0.2, 0) is 7.05 Å². The molecule has 2 unspecified atom stereocenters. The summed E-state index contributed by atoms with van der Waals surface area (Å²) in [6, 6.07) is 5.36. The average molecular weight is 299 g/mol. The zero-order valence-corrected chi connectivity index (χ0v) is 13.2. The smallest absolute Gasteiger partial charge is 0.264 e. The van der Waals surface area contributed by atoms with Crippen molar-refractivity contribution in [3.8, 4) is 0 Å². The van der Waals surface area contributed by atoms with Gasteiger partial charge in [0.1, 0.15) is 11.2 Å². The standard InChI is InChI=1S/C17H21N3O2/c1-11-7-12(2)10-20(9-11)17(22)14-8-13-5-4-6-18-15(13)19(3)16(14)21/h4-6,8,11-12H,7,9-10H2,1-3H3. The van der Waals surface area contributed by atoms with E-state index >= 15 is 0 Å². The van der Waals surface area contributed by atoms with Crippen LogP contribution < -0.4 is 5.56 Å². The van der Waals surface area contributed by atoms with E-state index in [-0.39, 0.29) is 17.0 Å². The number of hydrogen-bond donors (Lipinski definition) is 0. The highest BCUT2D eigenvalue weighted by Crippen LogP contribution is 2.22. The Hall–Kier alpha value is -2.17. The van der Waals surface area contributed by atoms with Crippen molar-refractivity contribution in [1.82, 2.24) is 14.5 Å². The molecular formula is C17H21N3O2. The number of carbonyl (C=O) groups is 1. The minimum Gasteiger partial charge on any atom is -0.338 e. The number of likely N-dealkylation sites (tertiary alicyclic amines) is 1. The van der Waals surface area contributed by atoms with Gasteiger partial charge in [-0.05, 0) is 36.5 Å². The number of aryl methyl sites for hydroxylation is 1. The van der Waals surface area contributed by atoms with E-state index in [2.05, 4.69) is 18.8 Å². The molecule has 3 rings (SSSR count). The van der Waals surface area contributed by atoms with Gasteiger partial charge in [-0.25, -0.2) is 4.98 Å². The van der Waals surface area contributed by atoms with E-state index in [0.29, 0.717) is 17.5 Å². The molecule has 0 spiro atoms. The van der Waals surface area contributed by atoms with Crippen LogP contribution in [0.3, 0.4) is 0 Å². The van der Waals surface area contributed by atoms with Crippen molar-refractivity contribution in [3.63, 3.8) is 0 Å². The molecule has 0 radical (unpaired) electrons. The van der Waals surface area contributed by atoms with E-state index in [1.54, 1.807) is 19.3 Å². The highest BCUT2D eigenvalue weighted by Gasteiger charge is 2.28. The number of nitrogens with zero attached hydrogens (tertiary/aromatic N) is 3. The normalized spacial score (nSPS) is 22.0. The summed E-state index contributed by atoms with van der Waals surface area (Å²) < 4.78 is 1.46. The van der Waals surface area contributed by atoms with E-state index in [1.807, 2.05) is 17.0 Å². The van der Waals surface area contributed by atoms with Crippen LogP contribution in [0.25, 0.3) is 11.0 Å². The van der Waals surface area contributed by atoms with Crippen LogP contribution in [-0.4, -0.2) is 33.4 Å². The molecule has 5 nitrogen and oxygen atoms in total. The highest BCUT2D eigenvalue weighted by atomic mass is 16.2. The molecule has 0 N–H and O–H groups in total. The first kappa shape index (κ1) is 14.8. The van der Waals surface area contributed by atoms with Crippen molar-refractivity contribution in [1.29, 1.82) is 0 Å². The number of piperidine rings is 1. The van der Waals surface area contributed by atoms with Crippen LogP contribution in [0, 0.1) is 11.8 Å². The topological polar surface area (TPSA) is 55.2 Å². The predicted octanol–water partition coefficient (Wildman–Crippen LogP) is 2.05. The fourth-order valence-corrected chi connectivity index (χ4v) is 3.45. The van der Waals surface area contributed by atoms with Crippen molar-refractivity contribution < 1.29 is 4.79 Å². The number of amides is 1. The van der Waals surface area contributed by atoms with Crippen LogP contribution in [0.5, 0.6) is 0 Å². The molecule has 0 bridgehead atoms. The van der Waals surface area contributed by atoms with Crippen LogP contribution in [0.2, 0.25) is 0 Å². The largest absolute Gasteiger partial charge is 0.338 e. The highest BCUT2D eigenvalue weighted by molar-refractivity contribution is 5.97. The van der Waals surface area contributed by atoms with Gasteiger partial charge in [-0.3, -0.25) is 14.2 Å². The first-order valence-electron chi connectivity index (χ1n) is 7.71. The number of fused-ring (bicyclic) bond motifs is 1. The Morgan fingerprint density at radius 2 is 1.95 bits per heavy atom. The molecule has 0 aromatic carbocycles. The van der Waals surface area contributed by atoms with Crippen LogP contribution in [0.15, 0.2) is 29.2 Å². The number of carbonyl (C=O) groups excluding carboxylic acids is 1. The van der Waals surface area contributed by atoms with Gasteiger partial charge in [-0.1, -0.05) is 13.8 Å². The second-order valence-electron chi connectivity index (χ2n) is 6.49. The molecule has 1 aliphatic rings. The van der Waals surface area contributed by atoms with E-state index in [1.165, 1.54) is 4.57 Å². The summed E-state index contributed by atoms with van der Waals surface area (Å²) in [5.74, 6) is 0.780. The first-order valence-corrected chi connectivity index (χ1v) is 7.71. The van der Waals surface area contributed by atoms with E-state index in [9.17, 15) is 9.59 Å². The molecule has 1 saturated heterocycles. The zero-order valence-electron chi connectivity index (χ0n) is 13.2. The summed E-state index contributed by atoms with van der Waals surface area (Å²) in [4.78, 5) is 31.3. The molecule has 2 atom stereocenters. The minimum atomic E-state index is -0.276. The molecule has 3 heterocycles. The Morgan fingerprint density at radius 1 is 1.27 bits per heavy atom. The van der Waals surface area contributed by atoms with Gasteiger partial charge in [-0.2, -0.15) is 0 Å². The van der Waals surface area contributed by atoms with Gasteiger partial charge in [0.15, 0.2) is 0 Å². The van der Waals surface area contributed by atoms with E-state index in [4.69, 9.17) is 0 Å². The lowest BCUT2D eigenvalue weighted by molar-refractivity contribution is 0.0621. The van der Waals surface area contributed by atoms with Gasteiger partial charge in [0, 0.05) is 31.7 Å². The molecule has 2 aromatic heterocycles. The Bertz CT molecular complexity index is 771. The third kappa shape index (κ3) is 2.51.